The molecule has 0 aliphatic carbocycles. The maximum atomic E-state index is 12.7. The van der Waals surface area contributed by atoms with Gasteiger partial charge in [0, 0.05) is 16.7 Å². The molecule has 0 spiro atoms. The number of rotatable bonds is 5. The Morgan fingerprint density at radius 3 is 2.22 bits per heavy atom. The Morgan fingerprint density at radius 2 is 1.72 bits per heavy atom. The fourth-order valence-electron chi connectivity index (χ4n) is 2.86. The van der Waals surface area contributed by atoms with Crippen LogP contribution in [0.4, 0.5) is 13.2 Å². The number of aromatic nitrogens is 1. The zero-order valence-electron chi connectivity index (χ0n) is 18.0. The molecule has 0 atom stereocenters. The number of alkyl halides is 3. The van der Waals surface area contributed by atoms with Crippen LogP contribution in [0, 0.1) is 6.92 Å². The number of aryl methyl sites for hydroxylation is 1. The highest BCUT2D eigenvalue weighted by Gasteiger charge is 2.30. The minimum atomic E-state index is -4.39. The standard InChI is InChI=1S/C21H19F3N4OS.C2H6/c1-13-10-18(30-26)8-4-16(13)12-28(25)20(29)15-5-9-19(27-11-15)14-2-6-17(7-3-14)21(22,23)24;1-2/h2-11H,12,25-26H2,1H3;1-2H3. The van der Waals surface area contributed by atoms with Crippen molar-refractivity contribution in [2.24, 2.45) is 11.0 Å². The van der Waals surface area contributed by atoms with Crippen molar-refractivity contribution in [3.8, 4) is 11.3 Å². The average Bonchev–Trinajstić information content (AvgIpc) is 2.80. The van der Waals surface area contributed by atoms with E-state index in [4.69, 9.17) is 11.0 Å². The van der Waals surface area contributed by atoms with E-state index in [2.05, 4.69) is 4.98 Å². The van der Waals surface area contributed by atoms with Crippen molar-refractivity contribution in [1.82, 2.24) is 9.99 Å². The van der Waals surface area contributed by atoms with Gasteiger partial charge in [-0.15, -0.1) is 0 Å². The first-order valence-electron chi connectivity index (χ1n) is 9.85. The molecule has 1 heterocycles. The molecule has 1 amide bonds. The van der Waals surface area contributed by atoms with E-state index in [1.165, 1.54) is 18.3 Å². The number of hydrazine groups is 1. The van der Waals surface area contributed by atoms with Crippen molar-refractivity contribution >= 4 is 17.9 Å². The van der Waals surface area contributed by atoms with Crippen LogP contribution in [0.25, 0.3) is 11.3 Å². The van der Waals surface area contributed by atoms with Gasteiger partial charge in [-0.2, -0.15) is 13.2 Å². The van der Waals surface area contributed by atoms with Crippen LogP contribution in [0.2, 0.25) is 0 Å². The second kappa shape index (κ2) is 11.1. The van der Waals surface area contributed by atoms with Crippen LogP contribution < -0.4 is 11.0 Å². The molecule has 0 aliphatic heterocycles. The largest absolute Gasteiger partial charge is 0.416 e. The van der Waals surface area contributed by atoms with Crippen LogP contribution >= 0.6 is 11.9 Å². The summed E-state index contributed by atoms with van der Waals surface area (Å²) < 4.78 is 38.0. The Kier molecular flexibility index (Phi) is 8.82. The second-order valence-electron chi connectivity index (χ2n) is 6.65. The Labute approximate surface area is 189 Å². The lowest BCUT2D eigenvalue weighted by Crippen LogP contribution is -2.37. The van der Waals surface area contributed by atoms with E-state index in [0.29, 0.717) is 11.3 Å². The van der Waals surface area contributed by atoms with Gasteiger partial charge in [-0.1, -0.05) is 32.0 Å². The molecular weight excluding hydrogens is 437 g/mol. The molecule has 5 nitrogen and oxygen atoms in total. The fourth-order valence-corrected chi connectivity index (χ4v) is 3.25. The number of amides is 1. The number of hydrogen-bond acceptors (Lipinski definition) is 5. The summed E-state index contributed by atoms with van der Waals surface area (Å²) in [6.07, 6.45) is -3.04. The van der Waals surface area contributed by atoms with E-state index in [-0.39, 0.29) is 12.1 Å². The summed E-state index contributed by atoms with van der Waals surface area (Å²) in [7, 11) is 0. The molecule has 0 aliphatic rings. The van der Waals surface area contributed by atoms with Gasteiger partial charge in [0.15, 0.2) is 0 Å². The number of carbonyl (C=O) groups excluding carboxylic acids is 1. The average molecular weight is 463 g/mol. The van der Waals surface area contributed by atoms with Crippen LogP contribution in [-0.4, -0.2) is 15.9 Å². The Morgan fingerprint density at radius 1 is 1.06 bits per heavy atom. The molecule has 0 saturated carbocycles. The zero-order chi connectivity index (χ0) is 23.9. The Balaban J connectivity index is 0.00000176. The van der Waals surface area contributed by atoms with E-state index in [0.717, 1.165) is 45.1 Å². The van der Waals surface area contributed by atoms with Crippen LogP contribution in [0.3, 0.4) is 0 Å². The molecule has 0 saturated heterocycles. The molecular formula is C23H25F3N4OS. The third kappa shape index (κ3) is 6.32. The summed E-state index contributed by atoms with van der Waals surface area (Å²) >= 11 is 1.14. The third-order valence-electron chi connectivity index (χ3n) is 4.57. The van der Waals surface area contributed by atoms with Crippen molar-refractivity contribution in [3.63, 3.8) is 0 Å². The first-order chi connectivity index (χ1) is 15.2. The quantitative estimate of drug-likeness (QED) is 0.224. The zero-order valence-corrected chi connectivity index (χ0v) is 18.8. The first-order valence-corrected chi connectivity index (χ1v) is 10.7. The highest BCUT2D eigenvalue weighted by Crippen LogP contribution is 2.30. The molecule has 0 fully saturated rings. The van der Waals surface area contributed by atoms with Crippen molar-refractivity contribution in [3.05, 3.63) is 83.0 Å². The van der Waals surface area contributed by atoms with Gasteiger partial charge < -0.3 is 0 Å². The van der Waals surface area contributed by atoms with Crippen LogP contribution in [0.1, 0.15) is 40.9 Å². The van der Waals surface area contributed by atoms with Crippen molar-refractivity contribution in [2.75, 3.05) is 0 Å². The summed E-state index contributed by atoms with van der Waals surface area (Å²) in [5, 5.41) is 6.64. The van der Waals surface area contributed by atoms with Crippen molar-refractivity contribution in [2.45, 2.75) is 38.4 Å². The second-order valence-corrected chi connectivity index (χ2v) is 7.35. The third-order valence-corrected chi connectivity index (χ3v) is 5.10. The maximum absolute atomic E-state index is 12.7. The van der Waals surface area contributed by atoms with E-state index in [1.807, 2.05) is 39.0 Å². The van der Waals surface area contributed by atoms with E-state index in [9.17, 15) is 18.0 Å². The Bertz CT molecular complexity index is 1040. The fraction of sp³-hybridized carbons (Fsp3) is 0.217. The van der Waals surface area contributed by atoms with Crippen molar-refractivity contribution < 1.29 is 18.0 Å². The maximum Gasteiger partial charge on any atom is 0.416 e. The topological polar surface area (TPSA) is 85.2 Å². The van der Waals surface area contributed by atoms with Gasteiger partial charge in [0.2, 0.25) is 0 Å². The molecule has 32 heavy (non-hydrogen) atoms. The van der Waals surface area contributed by atoms with Crippen molar-refractivity contribution in [1.29, 1.82) is 0 Å². The number of carbonyl (C=O) groups is 1. The van der Waals surface area contributed by atoms with Gasteiger partial charge in [-0.05, 0) is 66.4 Å². The molecule has 1 aromatic heterocycles. The number of benzene rings is 2. The van der Waals surface area contributed by atoms with E-state index in [1.54, 1.807) is 12.1 Å². The number of nitrogens with zero attached hydrogens (tertiary/aromatic N) is 2. The summed E-state index contributed by atoms with van der Waals surface area (Å²) in [6.45, 7) is 6.12. The van der Waals surface area contributed by atoms with Gasteiger partial charge in [0.25, 0.3) is 5.91 Å². The molecule has 0 radical (unpaired) electrons. The van der Waals surface area contributed by atoms with E-state index < -0.39 is 17.6 Å². The predicted octanol–water partition coefficient (Wildman–Crippen LogP) is 5.58. The molecule has 4 N–H and O–H groups in total. The lowest BCUT2D eigenvalue weighted by molar-refractivity contribution is -0.137. The summed E-state index contributed by atoms with van der Waals surface area (Å²) in [5.74, 6) is 5.53. The molecule has 2 aromatic carbocycles. The van der Waals surface area contributed by atoms with Gasteiger partial charge in [-0.25, -0.2) is 5.84 Å². The van der Waals surface area contributed by atoms with Gasteiger partial charge in [0.1, 0.15) is 0 Å². The first kappa shape index (κ1) is 25.4. The summed E-state index contributed by atoms with van der Waals surface area (Å²) in [5.41, 5.74) is 2.36. The highest BCUT2D eigenvalue weighted by atomic mass is 32.2. The SMILES string of the molecule is CC.Cc1cc(SN)ccc1CN(N)C(=O)c1ccc(-c2ccc(C(F)(F)F)cc2)nc1. The number of hydrogen-bond donors (Lipinski definition) is 2. The normalized spacial score (nSPS) is 10.9. The van der Waals surface area contributed by atoms with Crippen LogP contribution in [0.15, 0.2) is 65.7 Å². The molecule has 9 heteroatoms. The number of pyridine rings is 1. The smallest absolute Gasteiger partial charge is 0.274 e. The lowest BCUT2D eigenvalue weighted by atomic mass is 10.1. The Hall–Kier alpha value is -2.88. The highest BCUT2D eigenvalue weighted by molar-refractivity contribution is 7.97. The molecule has 0 unspecified atom stereocenters. The number of halogens is 3. The summed E-state index contributed by atoms with van der Waals surface area (Å²) in [6, 6.07) is 13.4. The molecule has 0 bridgehead atoms. The molecule has 170 valence electrons. The van der Waals surface area contributed by atoms with Gasteiger partial charge in [-0.3, -0.25) is 19.9 Å². The monoisotopic (exact) mass is 462 g/mol. The predicted molar refractivity (Wildman–Crippen MR) is 121 cm³/mol. The molecule has 3 rings (SSSR count). The van der Waals surface area contributed by atoms with Crippen LogP contribution in [-0.2, 0) is 12.7 Å². The molecule has 3 aromatic rings. The summed E-state index contributed by atoms with van der Waals surface area (Å²) in [4.78, 5) is 17.7. The van der Waals surface area contributed by atoms with E-state index >= 15 is 0 Å². The minimum Gasteiger partial charge on any atom is -0.274 e. The lowest BCUT2D eigenvalue weighted by Gasteiger charge is -2.18. The minimum absolute atomic E-state index is 0.209. The van der Waals surface area contributed by atoms with Crippen LogP contribution in [0.5, 0.6) is 0 Å². The number of nitrogens with two attached hydrogens (primary N) is 2. The van der Waals surface area contributed by atoms with Gasteiger partial charge >= 0.3 is 6.18 Å². The van der Waals surface area contributed by atoms with Gasteiger partial charge in [0.05, 0.1) is 23.4 Å².